The Hall–Kier alpha value is -2.69. The van der Waals surface area contributed by atoms with Gasteiger partial charge in [0, 0.05) is 37.6 Å². The van der Waals surface area contributed by atoms with Crippen LogP contribution >= 0.6 is 11.3 Å². The van der Waals surface area contributed by atoms with Crippen molar-refractivity contribution in [1.82, 2.24) is 29.9 Å². The van der Waals surface area contributed by atoms with Crippen LogP contribution in [0.15, 0.2) is 31.0 Å². The zero-order chi connectivity index (χ0) is 18.2. The van der Waals surface area contributed by atoms with Crippen molar-refractivity contribution in [3.8, 4) is 10.6 Å². The van der Waals surface area contributed by atoms with Gasteiger partial charge in [-0.1, -0.05) is 0 Å². The SMILES string of the molecule is Cn1cc(-c2ncc(C(=O)NC(c3cnn(C)c3)C(F)(F)F)s2)cn1. The average molecular weight is 370 g/mol. The first kappa shape index (κ1) is 17.1. The molecule has 1 unspecified atom stereocenters. The quantitative estimate of drug-likeness (QED) is 0.765. The normalized spacial score (nSPS) is 13.0. The molecule has 3 aromatic heterocycles. The highest BCUT2D eigenvalue weighted by atomic mass is 32.1. The van der Waals surface area contributed by atoms with Gasteiger partial charge in [0.2, 0.25) is 0 Å². The van der Waals surface area contributed by atoms with Crippen LogP contribution in [0.4, 0.5) is 13.2 Å². The highest BCUT2D eigenvalue weighted by Gasteiger charge is 2.43. The molecule has 0 radical (unpaired) electrons. The molecule has 0 aliphatic carbocycles. The number of carbonyl (C=O) groups is 1. The summed E-state index contributed by atoms with van der Waals surface area (Å²) in [5, 5.41) is 10.2. The third-order valence-electron chi connectivity index (χ3n) is 3.34. The second-order valence-corrected chi connectivity index (χ2v) is 6.36. The van der Waals surface area contributed by atoms with Crippen molar-refractivity contribution >= 4 is 17.2 Å². The fourth-order valence-electron chi connectivity index (χ4n) is 2.19. The fourth-order valence-corrected chi connectivity index (χ4v) is 2.98. The van der Waals surface area contributed by atoms with Crippen molar-refractivity contribution in [2.75, 3.05) is 0 Å². The minimum atomic E-state index is -4.64. The van der Waals surface area contributed by atoms with Crippen molar-refractivity contribution < 1.29 is 18.0 Å². The number of hydrogen-bond acceptors (Lipinski definition) is 5. The van der Waals surface area contributed by atoms with Crippen LogP contribution in [-0.4, -0.2) is 36.6 Å². The summed E-state index contributed by atoms with van der Waals surface area (Å²) in [4.78, 5) is 16.4. The van der Waals surface area contributed by atoms with Crippen LogP contribution in [-0.2, 0) is 14.1 Å². The van der Waals surface area contributed by atoms with Crippen LogP contribution in [0, 0.1) is 0 Å². The minimum absolute atomic E-state index is 0.0805. The van der Waals surface area contributed by atoms with Gasteiger partial charge in [-0.2, -0.15) is 23.4 Å². The Kier molecular flexibility index (Phi) is 4.33. The standard InChI is InChI=1S/C14H13F3N6OS/c1-22-6-8(3-19-22)11(14(15,16)17)21-12(24)10-5-18-13(25-10)9-4-20-23(2)7-9/h3-7,11H,1-2H3,(H,21,24). The summed E-state index contributed by atoms with van der Waals surface area (Å²) < 4.78 is 42.7. The molecule has 0 saturated heterocycles. The topological polar surface area (TPSA) is 77.6 Å². The van der Waals surface area contributed by atoms with Crippen molar-refractivity contribution in [3.63, 3.8) is 0 Å². The molecule has 25 heavy (non-hydrogen) atoms. The third-order valence-corrected chi connectivity index (χ3v) is 4.39. The van der Waals surface area contributed by atoms with Crippen molar-refractivity contribution in [3.05, 3.63) is 41.4 Å². The molecule has 1 amide bonds. The van der Waals surface area contributed by atoms with E-state index >= 15 is 0 Å². The van der Waals surface area contributed by atoms with E-state index in [4.69, 9.17) is 0 Å². The van der Waals surface area contributed by atoms with Gasteiger partial charge in [-0.15, -0.1) is 11.3 Å². The van der Waals surface area contributed by atoms with Gasteiger partial charge < -0.3 is 5.32 Å². The first-order valence-corrected chi connectivity index (χ1v) is 7.86. The molecule has 0 fully saturated rings. The van der Waals surface area contributed by atoms with Crippen molar-refractivity contribution in [2.24, 2.45) is 14.1 Å². The van der Waals surface area contributed by atoms with Crippen LogP contribution in [0.5, 0.6) is 0 Å². The van der Waals surface area contributed by atoms with E-state index in [1.807, 2.05) is 5.32 Å². The molecule has 1 atom stereocenters. The summed E-state index contributed by atoms with van der Waals surface area (Å²) >= 11 is 0.996. The monoisotopic (exact) mass is 370 g/mol. The second kappa shape index (κ2) is 6.31. The van der Waals surface area contributed by atoms with Crippen LogP contribution in [0.2, 0.25) is 0 Å². The largest absolute Gasteiger partial charge is 0.413 e. The molecular weight excluding hydrogens is 357 g/mol. The lowest BCUT2D eigenvalue weighted by Gasteiger charge is -2.19. The number of hydrogen-bond donors (Lipinski definition) is 1. The van der Waals surface area contributed by atoms with E-state index in [9.17, 15) is 18.0 Å². The predicted octanol–water partition coefficient (Wildman–Crippen LogP) is 2.31. The molecule has 0 spiro atoms. The first-order chi connectivity index (χ1) is 11.7. The van der Waals surface area contributed by atoms with Gasteiger partial charge in [0.25, 0.3) is 5.91 Å². The Morgan fingerprint density at radius 1 is 1.16 bits per heavy atom. The summed E-state index contributed by atoms with van der Waals surface area (Å²) in [6.07, 6.45) is 2.16. The summed E-state index contributed by atoms with van der Waals surface area (Å²) in [5.74, 6) is -0.848. The van der Waals surface area contributed by atoms with Crippen LogP contribution in [0.1, 0.15) is 21.3 Å². The van der Waals surface area contributed by atoms with Crippen LogP contribution < -0.4 is 5.32 Å². The number of amides is 1. The van der Waals surface area contributed by atoms with Gasteiger partial charge in [-0.3, -0.25) is 14.2 Å². The Labute approximate surface area is 144 Å². The summed E-state index contributed by atoms with van der Waals surface area (Å²) in [6, 6.07) is -2.14. The molecule has 3 heterocycles. The average Bonchev–Trinajstić information content (AvgIpc) is 3.23. The van der Waals surface area contributed by atoms with E-state index in [0.29, 0.717) is 10.6 Å². The molecule has 0 aliphatic heterocycles. The molecule has 0 saturated carbocycles. The smallest absolute Gasteiger partial charge is 0.336 e. The number of nitrogens with one attached hydrogen (secondary N) is 1. The Balaban J connectivity index is 1.81. The van der Waals surface area contributed by atoms with Gasteiger partial charge in [0.05, 0.1) is 18.6 Å². The molecule has 3 aromatic rings. The van der Waals surface area contributed by atoms with Crippen LogP contribution in [0.3, 0.4) is 0 Å². The lowest BCUT2D eigenvalue weighted by atomic mass is 10.1. The fraction of sp³-hybridized carbons (Fsp3) is 0.286. The third kappa shape index (κ3) is 3.71. The maximum Gasteiger partial charge on any atom is 0.413 e. The Morgan fingerprint density at radius 2 is 1.84 bits per heavy atom. The summed E-state index contributed by atoms with van der Waals surface area (Å²) in [5.41, 5.74) is 0.548. The lowest BCUT2D eigenvalue weighted by molar-refractivity contribution is -0.155. The highest BCUT2D eigenvalue weighted by molar-refractivity contribution is 7.16. The number of thiazole rings is 1. The van der Waals surface area contributed by atoms with Gasteiger partial charge in [0.1, 0.15) is 9.88 Å². The maximum atomic E-state index is 13.3. The van der Waals surface area contributed by atoms with Gasteiger partial charge in [0.15, 0.2) is 6.04 Å². The number of alkyl halides is 3. The number of halogens is 3. The van der Waals surface area contributed by atoms with E-state index in [-0.39, 0.29) is 10.4 Å². The molecule has 7 nitrogen and oxygen atoms in total. The number of aryl methyl sites for hydroxylation is 2. The van der Waals surface area contributed by atoms with E-state index in [1.165, 1.54) is 24.1 Å². The van der Waals surface area contributed by atoms with E-state index in [0.717, 1.165) is 17.5 Å². The van der Waals surface area contributed by atoms with E-state index in [2.05, 4.69) is 15.2 Å². The minimum Gasteiger partial charge on any atom is -0.336 e. The summed E-state index contributed by atoms with van der Waals surface area (Å²) in [6.45, 7) is 0. The van der Waals surface area contributed by atoms with Crippen LogP contribution in [0.25, 0.3) is 10.6 Å². The molecule has 1 N–H and O–H groups in total. The number of rotatable bonds is 4. The molecule has 0 aromatic carbocycles. The van der Waals surface area contributed by atoms with E-state index < -0.39 is 18.1 Å². The molecule has 3 rings (SSSR count). The van der Waals surface area contributed by atoms with Crippen molar-refractivity contribution in [1.29, 1.82) is 0 Å². The zero-order valence-corrected chi connectivity index (χ0v) is 14.0. The number of carbonyl (C=O) groups excluding carboxylic acids is 1. The summed E-state index contributed by atoms with van der Waals surface area (Å²) in [7, 11) is 3.23. The van der Waals surface area contributed by atoms with E-state index in [1.54, 1.807) is 24.1 Å². The highest BCUT2D eigenvalue weighted by Crippen LogP contribution is 2.33. The van der Waals surface area contributed by atoms with Crippen molar-refractivity contribution in [2.45, 2.75) is 12.2 Å². The molecule has 11 heteroatoms. The first-order valence-electron chi connectivity index (χ1n) is 7.05. The Morgan fingerprint density at radius 3 is 2.40 bits per heavy atom. The maximum absolute atomic E-state index is 13.3. The van der Waals surface area contributed by atoms with Gasteiger partial charge in [-0.05, 0) is 0 Å². The molecular formula is C14H13F3N6OS. The molecule has 132 valence electrons. The van der Waals surface area contributed by atoms with Gasteiger partial charge in [-0.25, -0.2) is 4.98 Å². The zero-order valence-electron chi connectivity index (χ0n) is 13.2. The second-order valence-electron chi connectivity index (χ2n) is 5.33. The lowest BCUT2D eigenvalue weighted by Crippen LogP contribution is -2.37. The Bertz CT molecular complexity index is 896. The number of nitrogens with zero attached hydrogens (tertiary/aromatic N) is 5. The predicted molar refractivity (Wildman–Crippen MR) is 83.8 cm³/mol. The molecule has 0 bridgehead atoms. The van der Waals surface area contributed by atoms with Gasteiger partial charge >= 0.3 is 6.18 Å². The number of aromatic nitrogens is 5. The molecule has 0 aliphatic rings.